The van der Waals surface area contributed by atoms with E-state index in [0.29, 0.717) is 16.8 Å². The second-order valence-electron chi connectivity index (χ2n) is 5.07. The average molecular weight is 304 g/mol. The summed E-state index contributed by atoms with van der Waals surface area (Å²) >= 11 is 0. The largest absolute Gasteiger partial charge is 0.384 e. The molecule has 4 nitrogen and oxygen atoms in total. The van der Waals surface area contributed by atoms with Gasteiger partial charge in [-0.3, -0.25) is 9.78 Å². The Labute approximate surface area is 134 Å². The van der Waals surface area contributed by atoms with E-state index in [9.17, 15) is 9.90 Å². The van der Waals surface area contributed by atoms with Gasteiger partial charge in [0.2, 0.25) is 0 Å². The highest BCUT2D eigenvalue weighted by Gasteiger charge is 2.19. The van der Waals surface area contributed by atoms with E-state index in [1.807, 2.05) is 48.5 Å². The number of rotatable bonds is 4. The number of nitrogens with one attached hydrogen (secondary N) is 1. The van der Waals surface area contributed by atoms with Crippen molar-refractivity contribution in [1.29, 1.82) is 0 Å². The number of anilines is 1. The van der Waals surface area contributed by atoms with Gasteiger partial charge < -0.3 is 10.4 Å². The lowest BCUT2D eigenvalue weighted by molar-refractivity contribution is 0.101. The third kappa shape index (κ3) is 3.44. The summed E-state index contributed by atoms with van der Waals surface area (Å²) < 4.78 is 0. The first-order chi connectivity index (χ1) is 11.3. The van der Waals surface area contributed by atoms with Crippen LogP contribution in [0.4, 0.5) is 5.69 Å². The van der Waals surface area contributed by atoms with E-state index in [2.05, 4.69) is 10.3 Å². The smallest absolute Gasteiger partial charge is 0.274 e. The van der Waals surface area contributed by atoms with Gasteiger partial charge >= 0.3 is 0 Å². The quantitative estimate of drug-likeness (QED) is 0.776. The predicted molar refractivity (Wildman–Crippen MR) is 89.1 cm³/mol. The Bertz CT molecular complexity index is 789. The maximum atomic E-state index is 12.5. The summed E-state index contributed by atoms with van der Waals surface area (Å²) in [7, 11) is 0. The van der Waals surface area contributed by atoms with Gasteiger partial charge in [-0.2, -0.15) is 0 Å². The van der Waals surface area contributed by atoms with Crippen LogP contribution in [-0.2, 0) is 0 Å². The molecule has 23 heavy (non-hydrogen) atoms. The summed E-state index contributed by atoms with van der Waals surface area (Å²) in [6, 6.07) is 21.8. The van der Waals surface area contributed by atoms with E-state index in [-0.39, 0.29) is 11.6 Å². The van der Waals surface area contributed by atoms with Crippen LogP contribution in [0.5, 0.6) is 0 Å². The molecule has 2 aromatic carbocycles. The van der Waals surface area contributed by atoms with Crippen molar-refractivity contribution in [1.82, 2.24) is 4.98 Å². The number of carbonyl (C=O) groups excluding carboxylic acids is 1. The van der Waals surface area contributed by atoms with Gasteiger partial charge in [0, 0.05) is 17.4 Å². The van der Waals surface area contributed by atoms with Crippen LogP contribution in [0, 0.1) is 0 Å². The molecule has 2 N–H and O–H groups in total. The number of nitrogens with zero attached hydrogens (tertiary/aromatic N) is 1. The number of hydrogen-bond acceptors (Lipinski definition) is 3. The fourth-order valence-corrected chi connectivity index (χ4v) is 2.35. The van der Waals surface area contributed by atoms with Gasteiger partial charge in [0.25, 0.3) is 5.91 Å². The third-order valence-corrected chi connectivity index (χ3v) is 3.50. The second-order valence-corrected chi connectivity index (χ2v) is 5.07. The summed E-state index contributed by atoms with van der Waals surface area (Å²) in [6.45, 7) is 0. The fraction of sp³-hybridized carbons (Fsp3) is 0.0526. The number of pyridine rings is 1. The molecular weight excluding hydrogens is 288 g/mol. The maximum absolute atomic E-state index is 12.5. The van der Waals surface area contributed by atoms with Crippen LogP contribution in [0.15, 0.2) is 79.0 Å². The summed E-state index contributed by atoms with van der Waals surface area (Å²) in [6.07, 6.45) is 0.641. The average Bonchev–Trinajstić information content (AvgIpc) is 2.62. The molecule has 114 valence electrons. The first kappa shape index (κ1) is 14.9. The van der Waals surface area contributed by atoms with Crippen molar-refractivity contribution in [3.63, 3.8) is 0 Å². The lowest BCUT2D eigenvalue weighted by atomic mass is 10.00. The molecule has 0 fully saturated rings. The zero-order chi connectivity index (χ0) is 16.1. The van der Waals surface area contributed by atoms with Crippen LogP contribution >= 0.6 is 0 Å². The minimum atomic E-state index is -0.901. The van der Waals surface area contributed by atoms with Crippen molar-refractivity contribution in [3.8, 4) is 0 Å². The molecule has 0 bridgehead atoms. The summed E-state index contributed by atoms with van der Waals surface area (Å²) in [5, 5.41) is 13.4. The molecule has 1 atom stereocenters. The van der Waals surface area contributed by atoms with Crippen molar-refractivity contribution < 1.29 is 9.90 Å². The number of aliphatic hydroxyl groups is 1. The van der Waals surface area contributed by atoms with Gasteiger partial charge in [-0.05, 0) is 23.8 Å². The molecule has 3 rings (SSSR count). The van der Waals surface area contributed by atoms with Gasteiger partial charge in [-0.25, -0.2) is 0 Å². The Morgan fingerprint density at radius 2 is 1.57 bits per heavy atom. The highest BCUT2D eigenvalue weighted by molar-refractivity contribution is 6.04. The minimum absolute atomic E-state index is 0.215. The summed E-state index contributed by atoms with van der Waals surface area (Å²) in [5.74, 6) is -0.346. The predicted octanol–water partition coefficient (Wildman–Crippen LogP) is 3.42. The summed E-state index contributed by atoms with van der Waals surface area (Å²) in [5.41, 5.74) is 2.09. The number of carbonyl (C=O) groups is 1. The van der Waals surface area contributed by atoms with Crippen molar-refractivity contribution in [2.45, 2.75) is 6.10 Å². The molecule has 1 heterocycles. The van der Waals surface area contributed by atoms with Crippen LogP contribution in [-0.4, -0.2) is 16.0 Å². The molecule has 1 amide bonds. The lowest BCUT2D eigenvalue weighted by Gasteiger charge is -2.15. The third-order valence-electron chi connectivity index (χ3n) is 3.50. The molecule has 0 aliphatic rings. The Hall–Kier alpha value is -2.98. The molecule has 0 spiro atoms. The molecule has 1 unspecified atom stereocenters. The van der Waals surface area contributed by atoms with Crippen molar-refractivity contribution >= 4 is 11.6 Å². The Balaban J connectivity index is 1.90. The number of aromatic nitrogens is 1. The molecule has 0 saturated heterocycles. The Morgan fingerprint density at radius 3 is 2.26 bits per heavy atom. The van der Waals surface area contributed by atoms with Gasteiger partial charge in [0.05, 0.1) is 0 Å². The molecule has 0 saturated carbocycles. The summed E-state index contributed by atoms with van der Waals surface area (Å²) in [4.78, 5) is 16.6. The lowest BCUT2D eigenvalue weighted by Crippen LogP contribution is -2.18. The molecule has 1 aromatic heterocycles. The molecule has 0 aliphatic heterocycles. The Kier molecular flexibility index (Phi) is 4.45. The first-order valence-corrected chi connectivity index (χ1v) is 7.30. The van der Waals surface area contributed by atoms with Crippen LogP contribution in [0.3, 0.4) is 0 Å². The first-order valence-electron chi connectivity index (χ1n) is 7.30. The van der Waals surface area contributed by atoms with Crippen LogP contribution in [0.1, 0.15) is 27.7 Å². The zero-order valence-corrected chi connectivity index (χ0v) is 12.4. The van der Waals surface area contributed by atoms with Crippen molar-refractivity contribution in [2.75, 3.05) is 5.32 Å². The minimum Gasteiger partial charge on any atom is -0.384 e. The second kappa shape index (κ2) is 6.85. The van der Waals surface area contributed by atoms with Crippen LogP contribution in [0.25, 0.3) is 0 Å². The van der Waals surface area contributed by atoms with E-state index >= 15 is 0 Å². The molecule has 3 aromatic rings. The van der Waals surface area contributed by atoms with E-state index < -0.39 is 6.10 Å². The maximum Gasteiger partial charge on any atom is 0.274 e. The van der Waals surface area contributed by atoms with Crippen LogP contribution in [0.2, 0.25) is 0 Å². The molecule has 0 aliphatic carbocycles. The normalized spacial score (nSPS) is 11.7. The number of benzene rings is 2. The fourth-order valence-electron chi connectivity index (χ4n) is 2.35. The van der Waals surface area contributed by atoms with Gasteiger partial charge in [-0.15, -0.1) is 0 Å². The highest BCUT2D eigenvalue weighted by Crippen LogP contribution is 2.24. The Morgan fingerprint density at radius 1 is 0.913 bits per heavy atom. The standard InChI is InChI=1S/C19H16N2O2/c22-18(14-8-3-1-4-9-14)16-12-7-13-20-17(16)19(23)21-15-10-5-2-6-11-15/h1-13,18,22H,(H,21,23). The van der Waals surface area contributed by atoms with Crippen molar-refractivity contribution in [3.05, 3.63) is 95.8 Å². The molecule has 4 heteroatoms. The zero-order valence-electron chi connectivity index (χ0n) is 12.4. The SMILES string of the molecule is O=C(Nc1ccccc1)c1ncccc1C(O)c1ccccc1. The molecular formula is C19H16N2O2. The topological polar surface area (TPSA) is 62.2 Å². The van der Waals surface area contributed by atoms with Gasteiger partial charge in [-0.1, -0.05) is 54.6 Å². The number of hydrogen-bond donors (Lipinski definition) is 2. The highest BCUT2D eigenvalue weighted by atomic mass is 16.3. The number of amides is 1. The number of para-hydroxylation sites is 1. The monoisotopic (exact) mass is 304 g/mol. The van der Waals surface area contributed by atoms with Gasteiger partial charge in [0.15, 0.2) is 0 Å². The van der Waals surface area contributed by atoms with E-state index in [4.69, 9.17) is 0 Å². The van der Waals surface area contributed by atoms with Crippen molar-refractivity contribution in [2.24, 2.45) is 0 Å². The molecule has 0 radical (unpaired) electrons. The number of aliphatic hydroxyl groups excluding tert-OH is 1. The van der Waals surface area contributed by atoms with E-state index in [0.717, 1.165) is 0 Å². The van der Waals surface area contributed by atoms with Crippen LogP contribution < -0.4 is 5.32 Å². The van der Waals surface area contributed by atoms with E-state index in [1.54, 1.807) is 30.5 Å². The van der Waals surface area contributed by atoms with Gasteiger partial charge in [0.1, 0.15) is 11.8 Å². The van der Waals surface area contributed by atoms with E-state index in [1.165, 1.54) is 0 Å².